The first-order valence-corrected chi connectivity index (χ1v) is 9.26. The van der Waals surface area contributed by atoms with Crippen molar-refractivity contribution >= 4 is 11.9 Å². The molecule has 144 valence electrons. The number of esters is 1. The number of likely N-dealkylation sites (tertiary alicyclic amines) is 1. The molecule has 5 heteroatoms. The summed E-state index contributed by atoms with van der Waals surface area (Å²) in [6.45, 7) is 4.31. The van der Waals surface area contributed by atoms with Crippen LogP contribution in [0.3, 0.4) is 0 Å². The van der Waals surface area contributed by atoms with Gasteiger partial charge in [0.05, 0.1) is 19.3 Å². The molecular weight excluding hydrogens is 330 g/mol. The number of unbranched alkanes of at least 4 members (excludes halogenated alkanes) is 1. The van der Waals surface area contributed by atoms with Gasteiger partial charge in [0.25, 0.3) is 0 Å². The Bertz CT molecular complexity index is 570. The van der Waals surface area contributed by atoms with Crippen molar-refractivity contribution < 1.29 is 19.4 Å². The minimum atomic E-state index is -0.553. The zero-order valence-corrected chi connectivity index (χ0v) is 16.1. The lowest BCUT2D eigenvalue weighted by Crippen LogP contribution is -2.32. The number of carbonyl (C=O) groups is 2. The van der Waals surface area contributed by atoms with Crippen molar-refractivity contribution in [2.24, 2.45) is 5.92 Å². The largest absolute Gasteiger partial charge is 0.469 e. The van der Waals surface area contributed by atoms with Gasteiger partial charge in [0.15, 0.2) is 0 Å². The summed E-state index contributed by atoms with van der Waals surface area (Å²) >= 11 is 0. The van der Waals surface area contributed by atoms with Gasteiger partial charge in [-0.1, -0.05) is 31.2 Å². The fourth-order valence-corrected chi connectivity index (χ4v) is 2.78. The lowest BCUT2D eigenvalue weighted by Gasteiger charge is -2.21. The number of rotatable bonds is 10. The molecule has 26 heavy (non-hydrogen) atoms. The molecule has 0 aromatic heterocycles. The third kappa shape index (κ3) is 7.88. The summed E-state index contributed by atoms with van der Waals surface area (Å²) in [4.78, 5) is 24.9. The van der Waals surface area contributed by atoms with Crippen molar-refractivity contribution in [3.63, 3.8) is 0 Å². The highest BCUT2D eigenvalue weighted by atomic mass is 16.5. The minimum Gasteiger partial charge on any atom is -0.469 e. The number of allylic oxidation sites excluding steroid dienone is 1. The fraction of sp³-hybridized carbons (Fsp3) is 0.619. The van der Waals surface area contributed by atoms with Gasteiger partial charge in [-0.3, -0.25) is 9.59 Å². The van der Waals surface area contributed by atoms with Crippen molar-refractivity contribution in [1.29, 1.82) is 0 Å². The van der Waals surface area contributed by atoms with Gasteiger partial charge in [0.2, 0.25) is 5.91 Å². The number of aliphatic hydroxyl groups excluding tert-OH is 1. The SMILES string of the molecule is CC#CC[C@H](C)[C@H](O)/C=C/[C@H]1CCC(=O)N1C/C=C/CCCC(=O)OC. The molecule has 0 saturated carbocycles. The summed E-state index contributed by atoms with van der Waals surface area (Å²) < 4.78 is 4.60. The molecule has 1 rings (SSSR count). The zero-order valence-electron chi connectivity index (χ0n) is 16.1. The highest BCUT2D eigenvalue weighted by molar-refractivity contribution is 5.79. The first kappa shape index (κ1) is 22.0. The van der Waals surface area contributed by atoms with Gasteiger partial charge in [0.1, 0.15) is 0 Å². The summed E-state index contributed by atoms with van der Waals surface area (Å²) in [6.07, 6.45) is 11.1. The van der Waals surface area contributed by atoms with Crippen LogP contribution >= 0.6 is 0 Å². The fourth-order valence-electron chi connectivity index (χ4n) is 2.78. The summed E-state index contributed by atoms with van der Waals surface area (Å²) in [7, 11) is 1.39. The van der Waals surface area contributed by atoms with Gasteiger partial charge in [-0.15, -0.1) is 11.8 Å². The van der Waals surface area contributed by atoms with E-state index in [4.69, 9.17) is 0 Å². The van der Waals surface area contributed by atoms with E-state index in [0.717, 1.165) is 19.3 Å². The average molecular weight is 361 g/mol. The van der Waals surface area contributed by atoms with Gasteiger partial charge in [0, 0.05) is 25.8 Å². The highest BCUT2D eigenvalue weighted by Crippen LogP contribution is 2.20. The maximum absolute atomic E-state index is 12.1. The van der Waals surface area contributed by atoms with Crippen molar-refractivity contribution in [1.82, 2.24) is 4.90 Å². The van der Waals surface area contributed by atoms with Crippen molar-refractivity contribution in [3.05, 3.63) is 24.3 Å². The van der Waals surface area contributed by atoms with Crippen molar-refractivity contribution in [3.8, 4) is 11.8 Å². The molecule has 1 heterocycles. The van der Waals surface area contributed by atoms with Gasteiger partial charge in [-0.2, -0.15) is 0 Å². The molecule has 0 radical (unpaired) electrons. The molecule has 1 fully saturated rings. The Kier molecular flexibility index (Phi) is 10.4. The zero-order chi connectivity index (χ0) is 19.4. The monoisotopic (exact) mass is 361 g/mol. The normalized spacial score (nSPS) is 19.6. The highest BCUT2D eigenvalue weighted by Gasteiger charge is 2.28. The number of hydrogen-bond acceptors (Lipinski definition) is 4. The van der Waals surface area contributed by atoms with Crippen LogP contribution in [-0.4, -0.2) is 47.7 Å². The number of hydrogen-bond donors (Lipinski definition) is 1. The first-order valence-electron chi connectivity index (χ1n) is 9.26. The first-order chi connectivity index (χ1) is 12.5. The van der Waals surface area contributed by atoms with Gasteiger partial charge < -0.3 is 14.7 Å². The Labute approximate surface area is 157 Å². The number of methoxy groups -OCH3 is 1. The molecule has 1 N–H and O–H groups in total. The predicted molar refractivity (Wildman–Crippen MR) is 102 cm³/mol. The Hall–Kier alpha value is -2.06. The molecule has 1 aliphatic heterocycles. The van der Waals surface area contributed by atoms with Crippen LogP contribution in [0.2, 0.25) is 0 Å². The molecule has 1 saturated heterocycles. The minimum absolute atomic E-state index is 0.0290. The van der Waals surface area contributed by atoms with Crippen molar-refractivity contribution in [2.45, 2.75) is 64.5 Å². The average Bonchev–Trinajstić information content (AvgIpc) is 2.99. The molecule has 0 bridgehead atoms. The number of nitrogens with zero attached hydrogens (tertiary/aromatic N) is 1. The molecule has 1 aliphatic rings. The Morgan fingerprint density at radius 1 is 1.46 bits per heavy atom. The van der Waals surface area contributed by atoms with Gasteiger partial charge in [-0.25, -0.2) is 0 Å². The van der Waals surface area contributed by atoms with Gasteiger partial charge >= 0.3 is 5.97 Å². The van der Waals surface area contributed by atoms with E-state index in [9.17, 15) is 14.7 Å². The van der Waals surface area contributed by atoms with E-state index < -0.39 is 6.10 Å². The van der Waals surface area contributed by atoms with E-state index in [1.165, 1.54) is 7.11 Å². The van der Waals surface area contributed by atoms with Crippen LogP contribution in [0.4, 0.5) is 0 Å². The van der Waals surface area contributed by atoms with E-state index in [0.29, 0.717) is 25.8 Å². The van der Waals surface area contributed by atoms with E-state index in [-0.39, 0.29) is 23.8 Å². The van der Waals surface area contributed by atoms with Crippen LogP contribution in [0.1, 0.15) is 52.4 Å². The summed E-state index contributed by atoms with van der Waals surface area (Å²) in [6, 6.07) is 0.0290. The Morgan fingerprint density at radius 3 is 2.92 bits per heavy atom. The lowest BCUT2D eigenvalue weighted by atomic mass is 10.00. The maximum atomic E-state index is 12.1. The molecular formula is C21H31NO4. The predicted octanol–water partition coefficient (Wildman–Crippen LogP) is 2.84. The molecule has 0 aliphatic carbocycles. The Balaban J connectivity index is 2.45. The summed E-state index contributed by atoms with van der Waals surface area (Å²) in [5.74, 6) is 5.83. The van der Waals surface area contributed by atoms with Crippen LogP contribution in [0.15, 0.2) is 24.3 Å². The van der Waals surface area contributed by atoms with Crippen LogP contribution in [0.5, 0.6) is 0 Å². The van der Waals surface area contributed by atoms with E-state index in [2.05, 4.69) is 16.6 Å². The second kappa shape index (κ2) is 12.3. The maximum Gasteiger partial charge on any atom is 0.305 e. The molecule has 0 aromatic rings. The molecule has 0 spiro atoms. The molecule has 5 nitrogen and oxygen atoms in total. The number of carbonyl (C=O) groups excluding carboxylic acids is 2. The third-order valence-corrected chi connectivity index (χ3v) is 4.54. The smallest absolute Gasteiger partial charge is 0.305 e. The lowest BCUT2D eigenvalue weighted by molar-refractivity contribution is -0.140. The molecule has 0 unspecified atom stereocenters. The second-order valence-corrected chi connectivity index (χ2v) is 6.58. The quantitative estimate of drug-likeness (QED) is 0.281. The molecule has 1 amide bonds. The van der Waals surface area contributed by atoms with E-state index in [1.807, 2.05) is 30.1 Å². The molecule has 0 aromatic carbocycles. The number of amides is 1. The number of ether oxygens (including phenoxy) is 1. The van der Waals surface area contributed by atoms with Crippen LogP contribution in [0, 0.1) is 17.8 Å². The number of aliphatic hydroxyl groups is 1. The van der Waals surface area contributed by atoms with Crippen LogP contribution < -0.4 is 0 Å². The Morgan fingerprint density at radius 2 is 2.23 bits per heavy atom. The van der Waals surface area contributed by atoms with E-state index >= 15 is 0 Å². The van der Waals surface area contributed by atoms with Gasteiger partial charge in [-0.05, 0) is 32.1 Å². The van der Waals surface area contributed by atoms with Crippen molar-refractivity contribution in [2.75, 3.05) is 13.7 Å². The summed E-state index contributed by atoms with van der Waals surface area (Å²) in [5.41, 5.74) is 0. The van der Waals surface area contributed by atoms with Crippen LogP contribution in [0.25, 0.3) is 0 Å². The van der Waals surface area contributed by atoms with Crippen LogP contribution in [-0.2, 0) is 14.3 Å². The third-order valence-electron chi connectivity index (χ3n) is 4.54. The second-order valence-electron chi connectivity index (χ2n) is 6.58. The standard InChI is InChI=1S/C21H31NO4/c1-4-5-10-17(2)19(23)14-12-18-13-15-20(24)22(18)16-9-7-6-8-11-21(25)26-3/h7,9,12,14,17-19,23H,6,8,10-11,13,15-16H2,1-3H3/b9-7+,14-12+/t17-,18-,19+/m0/s1. The summed E-state index contributed by atoms with van der Waals surface area (Å²) in [5, 5.41) is 10.2. The van der Waals surface area contributed by atoms with E-state index in [1.54, 1.807) is 13.0 Å². The molecule has 3 atom stereocenters. The topological polar surface area (TPSA) is 66.8 Å².